The fourth-order valence-corrected chi connectivity index (χ4v) is 3.71. The maximum atomic E-state index is 13.8. The number of hydrogen-bond donors (Lipinski definition) is 6. The summed E-state index contributed by atoms with van der Waals surface area (Å²) in [5.74, 6) is -1.01. The number of anilines is 1. The molecule has 2 amide bonds. The van der Waals surface area contributed by atoms with E-state index in [9.17, 15) is 38.5 Å². The Morgan fingerprint density at radius 1 is 1.13 bits per heavy atom. The van der Waals surface area contributed by atoms with Gasteiger partial charge in [0.05, 0.1) is 5.56 Å². The molecule has 1 aromatic rings. The summed E-state index contributed by atoms with van der Waals surface area (Å²) in [5, 5.41) is 43.8. The predicted octanol–water partition coefficient (Wildman–Crippen LogP) is 1.31. The number of carbonyl (C=O) groups excluding carboxylic acids is 2. The number of unbranched alkanes of at least 4 members (excludes halogenated alkanes) is 3. The van der Waals surface area contributed by atoms with Crippen molar-refractivity contribution in [2.75, 3.05) is 5.32 Å². The lowest BCUT2D eigenvalue weighted by molar-refractivity contribution is -0.271. The number of carboxylic acids is 1. The number of ether oxygens (including phenoxy) is 2. The Morgan fingerprint density at radius 2 is 1.84 bits per heavy atom. The molecular formula is C25H32F2N2O9. The van der Waals surface area contributed by atoms with Gasteiger partial charge in [0.2, 0.25) is 18.1 Å². The number of rotatable bonds is 13. The van der Waals surface area contributed by atoms with Crippen molar-refractivity contribution in [1.29, 1.82) is 0 Å². The predicted molar refractivity (Wildman–Crippen MR) is 129 cm³/mol. The number of hydrogen-bond acceptors (Lipinski definition) is 8. The molecule has 0 spiro atoms. The van der Waals surface area contributed by atoms with Gasteiger partial charge in [0.25, 0.3) is 6.43 Å². The van der Waals surface area contributed by atoms with Crippen molar-refractivity contribution >= 4 is 23.5 Å². The lowest BCUT2D eigenvalue weighted by Gasteiger charge is -2.38. The molecule has 0 aromatic heterocycles. The zero-order valence-electron chi connectivity index (χ0n) is 20.7. The number of aliphatic hydroxyl groups excluding tert-OH is 3. The summed E-state index contributed by atoms with van der Waals surface area (Å²) in [6, 6.07) is 1.99. The highest BCUT2D eigenvalue weighted by molar-refractivity contribution is 5.97. The number of alkyl halides is 2. The van der Waals surface area contributed by atoms with Crippen LogP contribution in [0.5, 0.6) is 5.75 Å². The number of halogens is 2. The van der Waals surface area contributed by atoms with Crippen LogP contribution >= 0.6 is 0 Å². The van der Waals surface area contributed by atoms with Gasteiger partial charge in [-0.05, 0) is 24.6 Å². The van der Waals surface area contributed by atoms with Gasteiger partial charge in [-0.15, -0.1) is 12.3 Å². The van der Waals surface area contributed by atoms with E-state index in [1.165, 1.54) is 6.07 Å². The summed E-state index contributed by atoms with van der Waals surface area (Å²) in [6.07, 6.45) is -4.10. The summed E-state index contributed by atoms with van der Waals surface area (Å²) in [7, 11) is 0. The van der Waals surface area contributed by atoms with Crippen LogP contribution in [-0.4, -0.2) is 75.0 Å². The van der Waals surface area contributed by atoms with Crippen LogP contribution in [0.3, 0.4) is 0 Å². The molecule has 1 saturated heterocycles. The molecule has 1 aliphatic rings. The van der Waals surface area contributed by atoms with Crippen LogP contribution in [0.2, 0.25) is 0 Å². The molecule has 0 aliphatic carbocycles. The molecule has 0 bridgehead atoms. The average molecular weight is 543 g/mol. The molecular weight excluding hydrogens is 510 g/mol. The number of nitrogens with one attached hydrogen (secondary N) is 2. The first kappa shape index (κ1) is 30.9. The van der Waals surface area contributed by atoms with E-state index < -0.39 is 66.4 Å². The standard InChI is InChI=1S/C25H32F2N2O9/c1-3-5-6-7-9-17(30)29-15(8-4-2)23(34)28-13-10-11-16(14(12-13)22(26)27)37-25-20(33)18(31)19(32)21(38-25)24(35)36/h2,10-12,15,18-22,25,31-33H,3,5-9H2,1H3,(H,28,34)(H,29,30)(H,35,36). The smallest absolute Gasteiger partial charge is 0.335 e. The maximum absolute atomic E-state index is 13.8. The van der Waals surface area contributed by atoms with Crippen molar-refractivity contribution in [3.63, 3.8) is 0 Å². The van der Waals surface area contributed by atoms with E-state index >= 15 is 0 Å². The van der Waals surface area contributed by atoms with Crippen molar-refractivity contribution < 1.29 is 53.1 Å². The first-order valence-corrected chi connectivity index (χ1v) is 12.0. The minimum Gasteiger partial charge on any atom is -0.479 e. The van der Waals surface area contributed by atoms with Crippen molar-refractivity contribution in [2.45, 2.75) is 88.6 Å². The van der Waals surface area contributed by atoms with Crippen molar-refractivity contribution in [3.05, 3.63) is 23.8 Å². The normalized spacial score (nSPS) is 23.8. The minimum atomic E-state index is -3.14. The summed E-state index contributed by atoms with van der Waals surface area (Å²) < 4.78 is 37.8. The SMILES string of the molecule is C#CCC(NC(=O)CCCCCC)C(=O)Nc1ccc(OC2OC(C(=O)O)C(O)C(O)C2O)c(C(F)F)c1. The highest BCUT2D eigenvalue weighted by Crippen LogP contribution is 2.34. The molecule has 6 unspecified atom stereocenters. The van der Waals surface area contributed by atoms with E-state index in [0.29, 0.717) is 6.42 Å². The Bertz CT molecular complexity index is 1020. The van der Waals surface area contributed by atoms with Crippen molar-refractivity contribution in [1.82, 2.24) is 5.32 Å². The summed E-state index contributed by atoms with van der Waals surface area (Å²) in [5.41, 5.74) is -0.833. The van der Waals surface area contributed by atoms with Crippen LogP contribution in [0.15, 0.2) is 18.2 Å². The fourth-order valence-electron chi connectivity index (χ4n) is 3.71. The van der Waals surface area contributed by atoms with E-state index in [-0.39, 0.29) is 24.4 Å². The monoisotopic (exact) mass is 542 g/mol. The van der Waals surface area contributed by atoms with Gasteiger partial charge in [0.1, 0.15) is 30.1 Å². The molecule has 1 fully saturated rings. The quantitative estimate of drug-likeness (QED) is 0.159. The molecule has 11 nitrogen and oxygen atoms in total. The van der Waals surface area contributed by atoms with Crippen LogP contribution in [0.1, 0.15) is 57.4 Å². The lowest BCUT2D eigenvalue weighted by Crippen LogP contribution is -2.61. The molecule has 1 aromatic carbocycles. The highest BCUT2D eigenvalue weighted by atomic mass is 19.3. The Hall–Kier alpha value is -3.31. The topological polar surface area (TPSA) is 175 Å². The Morgan fingerprint density at radius 3 is 2.45 bits per heavy atom. The number of amides is 2. The third kappa shape index (κ3) is 8.35. The van der Waals surface area contributed by atoms with Gasteiger partial charge in [-0.3, -0.25) is 9.59 Å². The summed E-state index contributed by atoms with van der Waals surface area (Å²) in [6.45, 7) is 2.03. The highest BCUT2D eigenvalue weighted by Gasteiger charge is 2.48. The number of benzene rings is 1. The van der Waals surface area contributed by atoms with Crippen LogP contribution in [0.25, 0.3) is 0 Å². The second-order valence-corrected chi connectivity index (χ2v) is 8.73. The van der Waals surface area contributed by atoms with Gasteiger partial charge >= 0.3 is 5.97 Å². The van der Waals surface area contributed by atoms with E-state index in [1.54, 1.807) is 0 Å². The first-order valence-electron chi connectivity index (χ1n) is 12.0. The second kappa shape index (κ2) is 14.6. The van der Waals surface area contributed by atoms with Gasteiger partial charge in [0.15, 0.2) is 6.10 Å². The molecule has 210 valence electrons. The number of aliphatic hydroxyl groups is 3. The van der Waals surface area contributed by atoms with Crippen LogP contribution in [0, 0.1) is 12.3 Å². The van der Waals surface area contributed by atoms with Crippen LogP contribution in [0.4, 0.5) is 14.5 Å². The fraction of sp³-hybridized carbons (Fsp3) is 0.560. The molecule has 2 rings (SSSR count). The first-order chi connectivity index (χ1) is 18.0. The van der Waals surface area contributed by atoms with Gasteiger partial charge in [-0.2, -0.15) is 0 Å². The Labute approximate surface area is 218 Å². The van der Waals surface area contributed by atoms with Gasteiger partial charge < -0.3 is 40.5 Å². The molecule has 6 N–H and O–H groups in total. The van der Waals surface area contributed by atoms with Gasteiger partial charge in [-0.1, -0.05) is 26.2 Å². The van der Waals surface area contributed by atoms with Crippen molar-refractivity contribution in [3.8, 4) is 18.1 Å². The average Bonchev–Trinajstić information content (AvgIpc) is 2.87. The molecule has 0 saturated carbocycles. The number of carboxylic acid groups (broad SMARTS) is 1. The van der Waals surface area contributed by atoms with E-state index in [2.05, 4.69) is 16.6 Å². The van der Waals surface area contributed by atoms with Crippen LogP contribution < -0.4 is 15.4 Å². The molecule has 13 heteroatoms. The van der Waals surface area contributed by atoms with E-state index in [4.69, 9.17) is 21.0 Å². The molecule has 1 aliphatic heterocycles. The lowest BCUT2D eigenvalue weighted by atomic mass is 9.99. The van der Waals surface area contributed by atoms with Crippen molar-refractivity contribution in [2.24, 2.45) is 0 Å². The van der Waals surface area contributed by atoms with Gasteiger partial charge in [0, 0.05) is 18.5 Å². The third-order valence-electron chi connectivity index (χ3n) is 5.80. The number of aliphatic carboxylic acids is 1. The minimum absolute atomic E-state index is 0.0825. The zero-order chi connectivity index (χ0) is 28.4. The second-order valence-electron chi connectivity index (χ2n) is 8.73. The van der Waals surface area contributed by atoms with E-state index in [0.717, 1.165) is 31.4 Å². The largest absolute Gasteiger partial charge is 0.479 e. The summed E-state index contributed by atoms with van der Waals surface area (Å²) >= 11 is 0. The molecule has 1 heterocycles. The Kier molecular flexibility index (Phi) is 11.9. The van der Waals surface area contributed by atoms with Gasteiger partial charge in [-0.25, -0.2) is 13.6 Å². The number of carbonyl (C=O) groups is 3. The van der Waals surface area contributed by atoms with E-state index in [1.807, 2.05) is 6.92 Å². The maximum Gasteiger partial charge on any atom is 0.335 e. The van der Waals surface area contributed by atoms with Crippen LogP contribution in [-0.2, 0) is 19.1 Å². The Balaban J connectivity index is 2.14. The molecule has 38 heavy (non-hydrogen) atoms. The zero-order valence-corrected chi connectivity index (χ0v) is 20.7. The number of terminal acetylenes is 1. The molecule has 0 radical (unpaired) electrons. The summed E-state index contributed by atoms with van der Waals surface area (Å²) in [4.78, 5) is 36.1. The third-order valence-corrected chi connectivity index (χ3v) is 5.80. The molecule has 6 atom stereocenters.